The fraction of sp³-hybridized carbons (Fsp3) is 0.417. The maximum Gasteiger partial charge on any atom is 0.314 e. The molecule has 3 rings (SSSR count). The van der Waals surface area contributed by atoms with E-state index in [9.17, 15) is 9.59 Å². The summed E-state index contributed by atoms with van der Waals surface area (Å²) in [5.74, 6) is -0.973. The summed E-state index contributed by atoms with van der Waals surface area (Å²) in [7, 11) is 0. The third kappa shape index (κ3) is 5.83. The normalized spacial score (nSPS) is 15.9. The highest BCUT2D eigenvalue weighted by Crippen LogP contribution is 2.28. The van der Waals surface area contributed by atoms with Gasteiger partial charge in [-0.3, -0.25) is 9.59 Å². The number of morpholine rings is 1. The van der Waals surface area contributed by atoms with Crippen LogP contribution in [-0.4, -0.2) is 44.8 Å². The molecule has 0 spiro atoms. The van der Waals surface area contributed by atoms with Crippen molar-refractivity contribution in [2.24, 2.45) is 5.92 Å². The molecule has 2 aromatic carbocycles. The molecular weight excluding hydrogens is 380 g/mol. The van der Waals surface area contributed by atoms with Crippen molar-refractivity contribution in [1.29, 1.82) is 0 Å². The van der Waals surface area contributed by atoms with Crippen LogP contribution in [0.4, 0.5) is 11.4 Å². The summed E-state index contributed by atoms with van der Waals surface area (Å²) in [4.78, 5) is 27.2. The summed E-state index contributed by atoms with van der Waals surface area (Å²) in [6.07, 6.45) is 0.844. The Bertz CT molecular complexity index is 817. The summed E-state index contributed by atoms with van der Waals surface area (Å²) >= 11 is 0. The molecule has 0 radical (unpaired) electrons. The Balaban J connectivity index is 1.53. The van der Waals surface area contributed by atoms with Gasteiger partial charge in [-0.15, -0.1) is 0 Å². The van der Waals surface area contributed by atoms with E-state index in [1.54, 1.807) is 0 Å². The molecule has 1 amide bonds. The first-order valence-electron chi connectivity index (χ1n) is 10.5. The number of nitrogens with one attached hydrogen (secondary N) is 1. The minimum absolute atomic E-state index is 0.121. The van der Waals surface area contributed by atoms with Crippen LogP contribution >= 0.6 is 0 Å². The van der Waals surface area contributed by atoms with E-state index in [0.717, 1.165) is 44.0 Å². The second-order valence-corrected chi connectivity index (χ2v) is 7.58. The average molecular weight is 411 g/mol. The van der Waals surface area contributed by atoms with Crippen molar-refractivity contribution in [2.75, 3.05) is 43.1 Å². The zero-order chi connectivity index (χ0) is 21.3. The van der Waals surface area contributed by atoms with Crippen molar-refractivity contribution in [3.8, 4) is 0 Å². The van der Waals surface area contributed by atoms with Crippen molar-refractivity contribution in [1.82, 2.24) is 0 Å². The number of ether oxygens (including phenoxy) is 2. The highest BCUT2D eigenvalue weighted by atomic mass is 16.5. The Kier molecular flexibility index (Phi) is 7.85. The number of benzene rings is 2. The van der Waals surface area contributed by atoms with Gasteiger partial charge in [-0.25, -0.2) is 0 Å². The molecule has 1 saturated heterocycles. The summed E-state index contributed by atoms with van der Waals surface area (Å²) < 4.78 is 10.7. The zero-order valence-corrected chi connectivity index (χ0v) is 17.7. The van der Waals surface area contributed by atoms with Crippen LogP contribution in [0.5, 0.6) is 0 Å². The van der Waals surface area contributed by atoms with E-state index >= 15 is 0 Å². The molecule has 160 valence electrons. The van der Waals surface area contributed by atoms with Crippen LogP contribution in [0.2, 0.25) is 0 Å². The monoisotopic (exact) mass is 410 g/mol. The van der Waals surface area contributed by atoms with E-state index < -0.39 is 0 Å². The number of amides is 1. The molecule has 1 N–H and O–H groups in total. The van der Waals surface area contributed by atoms with E-state index in [-0.39, 0.29) is 30.3 Å². The molecule has 30 heavy (non-hydrogen) atoms. The molecule has 1 heterocycles. The highest BCUT2D eigenvalue weighted by Gasteiger charge is 2.27. The van der Waals surface area contributed by atoms with Crippen LogP contribution in [-0.2, 0) is 19.1 Å². The quantitative estimate of drug-likeness (QED) is 0.670. The predicted molar refractivity (Wildman–Crippen MR) is 118 cm³/mol. The number of rotatable bonds is 8. The van der Waals surface area contributed by atoms with Crippen LogP contribution < -0.4 is 10.2 Å². The third-order valence-electron chi connectivity index (χ3n) is 5.50. The molecule has 2 atom stereocenters. The van der Waals surface area contributed by atoms with Crippen molar-refractivity contribution in [2.45, 2.75) is 26.2 Å². The lowest BCUT2D eigenvalue weighted by Crippen LogP contribution is -2.36. The van der Waals surface area contributed by atoms with Gasteiger partial charge in [0.15, 0.2) is 6.61 Å². The molecule has 6 heteroatoms. The van der Waals surface area contributed by atoms with Crippen LogP contribution in [0.15, 0.2) is 54.6 Å². The number of anilines is 2. The van der Waals surface area contributed by atoms with Crippen LogP contribution in [0.3, 0.4) is 0 Å². The lowest BCUT2D eigenvalue weighted by molar-refractivity contribution is -0.150. The fourth-order valence-corrected chi connectivity index (χ4v) is 3.59. The molecule has 1 aliphatic heterocycles. The van der Waals surface area contributed by atoms with Gasteiger partial charge in [0.05, 0.1) is 19.1 Å². The Morgan fingerprint density at radius 2 is 1.73 bits per heavy atom. The standard InChI is InChI=1S/C24H30N2O4/c1-3-18(2)23(19-7-5-4-6-8-19)24(28)30-17-22(27)25-20-9-11-21(12-10-20)26-13-15-29-16-14-26/h4-12,18,23H,3,13-17H2,1-2H3,(H,25,27)/t18-,23+/m0/s1. The Morgan fingerprint density at radius 3 is 2.37 bits per heavy atom. The lowest BCUT2D eigenvalue weighted by Gasteiger charge is -2.28. The van der Waals surface area contributed by atoms with E-state index in [1.165, 1.54) is 0 Å². The number of carbonyl (C=O) groups is 2. The largest absolute Gasteiger partial charge is 0.455 e. The lowest BCUT2D eigenvalue weighted by atomic mass is 9.86. The van der Waals surface area contributed by atoms with Crippen LogP contribution in [0.25, 0.3) is 0 Å². The van der Waals surface area contributed by atoms with Gasteiger partial charge >= 0.3 is 5.97 Å². The zero-order valence-electron chi connectivity index (χ0n) is 17.7. The van der Waals surface area contributed by atoms with Crippen molar-refractivity contribution < 1.29 is 19.1 Å². The topological polar surface area (TPSA) is 67.9 Å². The minimum Gasteiger partial charge on any atom is -0.455 e. The van der Waals surface area contributed by atoms with Gasteiger partial charge < -0.3 is 19.7 Å². The van der Waals surface area contributed by atoms with E-state index in [2.05, 4.69) is 10.2 Å². The molecule has 0 saturated carbocycles. The third-order valence-corrected chi connectivity index (χ3v) is 5.50. The van der Waals surface area contributed by atoms with Crippen molar-refractivity contribution in [3.05, 3.63) is 60.2 Å². The van der Waals surface area contributed by atoms with Crippen molar-refractivity contribution in [3.63, 3.8) is 0 Å². The average Bonchev–Trinajstić information content (AvgIpc) is 2.79. The molecule has 1 fully saturated rings. The SMILES string of the molecule is CC[C@H](C)[C@@H](C(=O)OCC(=O)Nc1ccc(N2CCOCC2)cc1)c1ccccc1. The Labute approximate surface area is 178 Å². The van der Waals surface area contributed by atoms with Crippen molar-refractivity contribution >= 4 is 23.3 Å². The van der Waals surface area contributed by atoms with Crippen LogP contribution in [0, 0.1) is 5.92 Å². The molecule has 0 bridgehead atoms. The number of nitrogens with zero attached hydrogens (tertiary/aromatic N) is 1. The molecule has 0 aliphatic carbocycles. The van der Waals surface area contributed by atoms with Gasteiger partial charge in [0.1, 0.15) is 0 Å². The number of carbonyl (C=O) groups excluding carboxylic acids is 2. The molecular formula is C24H30N2O4. The van der Waals surface area contributed by atoms with Gasteiger partial charge in [-0.05, 0) is 35.7 Å². The number of hydrogen-bond donors (Lipinski definition) is 1. The van der Waals surface area contributed by atoms with Gasteiger partial charge in [0, 0.05) is 24.5 Å². The first-order chi connectivity index (χ1) is 14.6. The first kappa shape index (κ1) is 21.8. The fourth-order valence-electron chi connectivity index (χ4n) is 3.59. The van der Waals surface area contributed by atoms with Gasteiger partial charge in [0.2, 0.25) is 0 Å². The highest BCUT2D eigenvalue weighted by molar-refractivity contribution is 5.93. The Hall–Kier alpha value is -2.86. The van der Waals surface area contributed by atoms with Crippen LogP contribution in [0.1, 0.15) is 31.7 Å². The second kappa shape index (κ2) is 10.8. The smallest absolute Gasteiger partial charge is 0.314 e. The van der Waals surface area contributed by atoms with E-state index in [4.69, 9.17) is 9.47 Å². The molecule has 6 nitrogen and oxygen atoms in total. The maximum absolute atomic E-state index is 12.7. The first-order valence-corrected chi connectivity index (χ1v) is 10.5. The van der Waals surface area contributed by atoms with E-state index in [1.807, 2.05) is 68.4 Å². The summed E-state index contributed by atoms with van der Waals surface area (Å²) in [6.45, 7) is 6.94. The summed E-state index contributed by atoms with van der Waals surface area (Å²) in [5, 5.41) is 2.79. The number of hydrogen-bond acceptors (Lipinski definition) is 5. The molecule has 0 unspecified atom stereocenters. The number of esters is 1. The summed E-state index contributed by atoms with van der Waals surface area (Å²) in [6, 6.07) is 17.2. The summed E-state index contributed by atoms with van der Waals surface area (Å²) in [5.41, 5.74) is 2.69. The van der Waals surface area contributed by atoms with Gasteiger partial charge in [-0.2, -0.15) is 0 Å². The predicted octanol–water partition coefficient (Wildman–Crippen LogP) is 3.83. The molecule has 1 aliphatic rings. The maximum atomic E-state index is 12.7. The second-order valence-electron chi connectivity index (χ2n) is 7.58. The van der Waals surface area contributed by atoms with E-state index in [0.29, 0.717) is 5.69 Å². The molecule has 2 aromatic rings. The Morgan fingerprint density at radius 1 is 1.07 bits per heavy atom. The van der Waals surface area contributed by atoms with Gasteiger partial charge in [0.25, 0.3) is 5.91 Å². The van der Waals surface area contributed by atoms with Gasteiger partial charge in [-0.1, -0.05) is 50.6 Å². The molecule has 0 aromatic heterocycles. The minimum atomic E-state index is -0.378.